The van der Waals surface area contributed by atoms with E-state index in [1.807, 2.05) is 62.1 Å². The highest BCUT2D eigenvalue weighted by Crippen LogP contribution is 2.18. The third kappa shape index (κ3) is 5.70. The molecule has 0 spiro atoms. The number of aliphatic hydroxyl groups is 1. The van der Waals surface area contributed by atoms with Crippen molar-refractivity contribution in [1.29, 1.82) is 0 Å². The highest BCUT2D eigenvalue weighted by Gasteiger charge is 2.18. The van der Waals surface area contributed by atoms with Crippen molar-refractivity contribution in [1.82, 2.24) is 15.1 Å². The first kappa shape index (κ1) is 18.0. The Hall–Kier alpha value is -2.34. The number of anilines is 1. The van der Waals surface area contributed by atoms with E-state index in [0.29, 0.717) is 19.5 Å². The van der Waals surface area contributed by atoms with E-state index in [0.717, 1.165) is 16.8 Å². The van der Waals surface area contributed by atoms with Crippen molar-refractivity contribution < 1.29 is 9.90 Å². The number of rotatable bonds is 7. The van der Waals surface area contributed by atoms with Crippen molar-refractivity contribution in [3.8, 4) is 0 Å². The molecule has 0 aliphatic heterocycles. The molecule has 0 bridgehead atoms. The molecule has 1 aromatic heterocycles. The van der Waals surface area contributed by atoms with E-state index >= 15 is 0 Å². The maximum absolute atomic E-state index is 11.9. The maximum atomic E-state index is 11.9. The van der Waals surface area contributed by atoms with Gasteiger partial charge in [0.25, 0.3) is 0 Å². The Morgan fingerprint density at radius 2 is 2.00 bits per heavy atom. The predicted octanol–water partition coefficient (Wildman–Crippen LogP) is 2.77. The summed E-state index contributed by atoms with van der Waals surface area (Å²) in [6, 6.07) is 7.47. The summed E-state index contributed by atoms with van der Waals surface area (Å²) in [5, 5.41) is 18.9. The number of hydrogen-bond acceptors (Lipinski definition) is 3. The molecular weight excluding hydrogens is 304 g/mol. The fourth-order valence-electron chi connectivity index (χ4n) is 2.32. The third-order valence-corrected chi connectivity index (χ3v) is 3.83. The zero-order valence-electron chi connectivity index (χ0n) is 14.5. The lowest BCUT2D eigenvalue weighted by molar-refractivity contribution is 0.204. The first-order chi connectivity index (χ1) is 11.4. The van der Waals surface area contributed by atoms with Gasteiger partial charge in [-0.2, -0.15) is 5.10 Å². The first-order valence-corrected chi connectivity index (χ1v) is 8.12. The van der Waals surface area contributed by atoms with Crippen LogP contribution in [-0.2, 0) is 6.54 Å². The molecule has 0 unspecified atom stereocenters. The Morgan fingerprint density at radius 1 is 1.29 bits per heavy atom. The number of aryl methyl sites for hydroxylation is 1. The van der Waals surface area contributed by atoms with Crippen LogP contribution in [0.25, 0.3) is 0 Å². The number of carbonyl (C=O) groups is 1. The molecule has 1 heterocycles. The standard InChI is InChI=1S/C18H26N4O2/c1-14-10-20-22(11-14)12-15-4-6-16(7-5-15)21-17(24)19-13-18(2,3)8-9-23/h4-7,10-11,23H,8-9,12-13H2,1-3H3,(H2,19,21,24). The van der Waals surface area contributed by atoms with E-state index in [4.69, 9.17) is 5.11 Å². The molecule has 6 nitrogen and oxygen atoms in total. The average Bonchev–Trinajstić information content (AvgIpc) is 2.92. The molecule has 24 heavy (non-hydrogen) atoms. The molecule has 1 aromatic carbocycles. The minimum atomic E-state index is -0.239. The van der Waals surface area contributed by atoms with Crippen molar-refractivity contribution in [2.24, 2.45) is 5.41 Å². The number of benzene rings is 1. The van der Waals surface area contributed by atoms with Gasteiger partial charge in [0.1, 0.15) is 0 Å². The average molecular weight is 330 g/mol. The smallest absolute Gasteiger partial charge is 0.319 e. The van der Waals surface area contributed by atoms with E-state index < -0.39 is 0 Å². The molecule has 0 atom stereocenters. The second-order valence-electron chi connectivity index (χ2n) is 6.86. The number of nitrogens with one attached hydrogen (secondary N) is 2. The number of nitrogens with zero attached hydrogens (tertiary/aromatic N) is 2. The number of amides is 2. The Kier molecular flexibility index (Phi) is 5.98. The second-order valence-corrected chi connectivity index (χ2v) is 6.86. The topological polar surface area (TPSA) is 79.2 Å². The van der Waals surface area contributed by atoms with Crippen LogP contribution in [0.15, 0.2) is 36.7 Å². The van der Waals surface area contributed by atoms with Crippen LogP contribution in [0.1, 0.15) is 31.4 Å². The summed E-state index contributed by atoms with van der Waals surface area (Å²) in [5.41, 5.74) is 2.87. The van der Waals surface area contributed by atoms with Crippen LogP contribution in [0.2, 0.25) is 0 Å². The maximum Gasteiger partial charge on any atom is 0.319 e. The van der Waals surface area contributed by atoms with Crippen LogP contribution in [0.3, 0.4) is 0 Å². The van der Waals surface area contributed by atoms with Crippen LogP contribution in [0, 0.1) is 12.3 Å². The summed E-state index contributed by atoms with van der Waals surface area (Å²) < 4.78 is 1.88. The second kappa shape index (κ2) is 7.97. The number of hydrogen-bond donors (Lipinski definition) is 3. The Morgan fingerprint density at radius 3 is 2.58 bits per heavy atom. The summed E-state index contributed by atoms with van der Waals surface area (Å²) in [7, 11) is 0. The molecule has 0 aliphatic rings. The van der Waals surface area contributed by atoms with Crippen molar-refractivity contribution in [2.45, 2.75) is 33.7 Å². The van der Waals surface area contributed by atoms with Gasteiger partial charge in [0.15, 0.2) is 0 Å². The van der Waals surface area contributed by atoms with Crippen LogP contribution in [0.4, 0.5) is 10.5 Å². The highest BCUT2D eigenvalue weighted by atomic mass is 16.3. The Bertz CT molecular complexity index is 662. The number of carbonyl (C=O) groups excluding carboxylic acids is 1. The van der Waals surface area contributed by atoms with Gasteiger partial charge in [0.05, 0.1) is 12.7 Å². The van der Waals surface area contributed by atoms with Crippen LogP contribution >= 0.6 is 0 Å². The third-order valence-electron chi connectivity index (χ3n) is 3.83. The minimum absolute atomic E-state index is 0.119. The Balaban J connectivity index is 1.83. The number of aliphatic hydroxyl groups excluding tert-OH is 1. The summed E-state index contributed by atoms with van der Waals surface area (Å²) in [6.07, 6.45) is 4.47. The van der Waals surface area contributed by atoms with E-state index in [9.17, 15) is 4.79 Å². The molecule has 3 N–H and O–H groups in total. The molecule has 0 saturated heterocycles. The fraction of sp³-hybridized carbons (Fsp3) is 0.444. The van der Waals surface area contributed by atoms with Gasteiger partial charge >= 0.3 is 6.03 Å². The Labute approximate surface area is 142 Å². The number of aromatic nitrogens is 2. The van der Waals surface area contributed by atoms with Gasteiger partial charge in [-0.3, -0.25) is 4.68 Å². The first-order valence-electron chi connectivity index (χ1n) is 8.12. The summed E-state index contributed by atoms with van der Waals surface area (Å²) >= 11 is 0. The van der Waals surface area contributed by atoms with Crippen LogP contribution in [0.5, 0.6) is 0 Å². The van der Waals surface area contributed by atoms with Crippen molar-refractivity contribution in [3.05, 3.63) is 47.8 Å². The normalized spacial score (nSPS) is 11.3. The van der Waals surface area contributed by atoms with Gasteiger partial charge in [0, 0.05) is 25.0 Å². The van der Waals surface area contributed by atoms with E-state index in [1.54, 1.807) is 0 Å². The molecule has 2 aromatic rings. The molecule has 0 saturated carbocycles. The molecular formula is C18H26N4O2. The zero-order valence-corrected chi connectivity index (χ0v) is 14.5. The van der Waals surface area contributed by atoms with Gasteiger partial charge in [-0.25, -0.2) is 4.79 Å². The molecule has 6 heteroatoms. The van der Waals surface area contributed by atoms with Crippen LogP contribution in [-0.4, -0.2) is 34.1 Å². The van der Waals surface area contributed by atoms with Crippen LogP contribution < -0.4 is 10.6 Å². The molecule has 2 amide bonds. The predicted molar refractivity (Wildman–Crippen MR) is 95.0 cm³/mol. The largest absolute Gasteiger partial charge is 0.396 e. The fourth-order valence-corrected chi connectivity index (χ4v) is 2.32. The lowest BCUT2D eigenvalue weighted by atomic mass is 9.90. The van der Waals surface area contributed by atoms with E-state index in [1.165, 1.54) is 0 Å². The van der Waals surface area contributed by atoms with Gasteiger partial charge in [-0.05, 0) is 42.0 Å². The molecule has 130 valence electrons. The van der Waals surface area contributed by atoms with E-state index in [2.05, 4.69) is 15.7 Å². The molecule has 0 fully saturated rings. The van der Waals surface area contributed by atoms with Crippen molar-refractivity contribution >= 4 is 11.7 Å². The van der Waals surface area contributed by atoms with Gasteiger partial charge in [0.2, 0.25) is 0 Å². The van der Waals surface area contributed by atoms with E-state index in [-0.39, 0.29) is 18.1 Å². The quantitative estimate of drug-likeness (QED) is 0.730. The van der Waals surface area contributed by atoms with Gasteiger partial charge in [-0.15, -0.1) is 0 Å². The van der Waals surface area contributed by atoms with Gasteiger partial charge < -0.3 is 15.7 Å². The summed E-state index contributed by atoms with van der Waals surface area (Å²) in [6.45, 7) is 7.36. The van der Waals surface area contributed by atoms with Gasteiger partial charge in [-0.1, -0.05) is 26.0 Å². The minimum Gasteiger partial charge on any atom is -0.396 e. The zero-order chi connectivity index (χ0) is 17.6. The molecule has 0 aliphatic carbocycles. The SMILES string of the molecule is Cc1cnn(Cc2ccc(NC(=O)NCC(C)(C)CCO)cc2)c1. The lowest BCUT2D eigenvalue weighted by Gasteiger charge is -2.23. The van der Waals surface area contributed by atoms with Crippen molar-refractivity contribution in [2.75, 3.05) is 18.5 Å². The number of urea groups is 1. The summed E-state index contributed by atoms with van der Waals surface area (Å²) in [5.74, 6) is 0. The molecule has 2 rings (SSSR count). The monoisotopic (exact) mass is 330 g/mol. The summed E-state index contributed by atoms with van der Waals surface area (Å²) in [4.78, 5) is 11.9. The van der Waals surface area contributed by atoms with Crippen molar-refractivity contribution in [3.63, 3.8) is 0 Å². The lowest BCUT2D eigenvalue weighted by Crippen LogP contribution is -2.37. The molecule has 0 radical (unpaired) electrons. The highest BCUT2D eigenvalue weighted by molar-refractivity contribution is 5.89.